The molecule has 3 aromatic carbocycles. The van der Waals surface area contributed by atoms with Crippen molar-refractivity contribution in [3.63, 3.8) is 0 Å². The fourth-order valence-electron chi connectivity index (χ4n) is 4.46. The predicted molar refractivity (Wildman–Crippen MR) is 119 cm³/mol. The van der Waals surface area contributed by atoms with Crippen LogP contribution >= 0.6 is 0 Å². The first kappa shape index (κ1) is 20.8. The number of nitrogens with one attached hydrogen (secondary N) is 1. The summed E-state index contributed by atoms with van der Waals surface area (Å²) < 4.78 is 0. The van der Waals surface area contributed by atoms with Gasteiger partial charge in [-0.15, -0.1) is 0 Å². The number of piperazine rings is 1. The number of quaternary nitrogens is 1. The van der Waals surface area contributed by atoms with E-state index in [0.717, 1.165) is 13.1 Å². The Morgan fingerprint density at radius 3 is 1.97 bits per heavy atom. The predicted octanol–water partition coefficient (Wildman–Crippen LogP) is 3.03. The molecule has 1 heterocycles. The van der Waals surface area contributed by atoms with Crippen LogP contribution in [0.1, 0.15) is 33.1 Å². The lowest BCUT2D eigenvalue weighted by atomic mass is 9.96. The van der Waals surface area contributed by atoms with Crippen molar-refractivity contribution in [1.29, 1.82) is 0 Å². The zero-order valence-corrected chi connectivity index (χ0v) is 17.5. The van der Waals surface area contributed by atoms with Gasteiger partial charge >= 0.3 is 0 Å². The zero-order valence-electron chi connectivity index (χ0n) is 17.5. The highest BCUT2D eigenvalue weighted by Crippen LogP contribution is 2.23. The van der Waals surface area contributed by atoms with Crippen molar-refractivity contribution >= 4 is 11.6 Å². The summed E-state index contributed by atoms with van der Waals surface area (Å²) in [5.74, 6) is -0.128. The van der Waals surface area contributed by atoms with Crippen LogP contribution < -0.4 is 4.90 Å². The summed E-state index contributed by atoms with van der Waals surface area (Å²) in [6, 6.07) is 25.9. The molecule has 1 saturated heterocycles. The summed E-state index contributed by atoms with van der Waals surface area (Å²) in [4.78, 5) is 27.1. The Morgan fingerprint density at radius 2 is 1.45 bits per heavy atom. The molecule has 1 N–H and O–H groups in total. The minimum Gasteiger partial charge on any atom is -0.327 e. The van der Waals surface area contributed by atoms with Gasteiger partial charge in [-0.25, -0.2) is 0 Å². The normalized spacial score (nSPS) is 14.6. The number of hydrogen-bond donors (Lipinski definition) is 1. The average molecular weight is 417 g/mol. The number of hydrogen-bond acceptors (Lipinski definition) is 3. The molecule has 0 bridgehead atoms. The molecule has 1 aliphatic rings. The second-order valence-electron chi connectivity index (χ2n) is 7.91. The van der Waals surface area contributed by atoms with Gasteiger partial charge in [-0.05, 0) is 13.0 Å². The summed E-state index contributed by atoms with van der Waals surface area (Å²) >= 11 is 0. The third-order valence-electron chi connectivity index (χ3n) is 6.10. The van der Waals surface area contributed by atoms with Crippen LogP contribution in [-0.4, -0.2) is 41.9 Å². The van der Waals surface area contributed by atoms with E-state index in [9.17, 15) is 14.9 Å². The van der Waals surface area contributed by atoms with Crippen LogP contribution in [0, 0.1) is 17.0 Å². The van der Waals surface area contributed by atoms with Crippen molar-refractivity contribution in [2.24, 2.45) is 0 Å². The Kier molecular flexibility index (Phi) is 6.09. The minimum absolute atomic E-state index is 0.0108. The molecule has 0 aliphatic carbocycles. The van der Waals surface area contributed by atoms with Gasteiger partial charge in [0.15, 0.2) is 0 Å². The first-order valence-corrected chi connectivity index (χ1v) is 10.5. The van der Waals surface area contributed by atoms with Gasteiger partial charge in [0, 0.05) is 28.3 Å². The number of carbonyl (C=O) groups is 1. The third-order valence-corrected chi connectivity index (χ3v) is 6.10. The van der Waals surface area contributed by atoms with E-state index in [1.165, 1.54) is 22.1 Å². The van der Waals surface area contributed by atoms with E-state index in [0.29, 0.717) is 24.2 Å². The molecule has 1 aliphatic heterocycles. The van der Waals surface area contributed by atoms with Gasteiger partial charge < -0.3 is 9.80 Å². The van der Waals surface area contributed by atoms with E-state index in [-0.39, 0.29) is 17.6 Å². The van der Waals surface area contributed by atoms with Crippen LogP contribution in [0.15, 0.2) is 78.9 Å². The fourth-order valence-corrected chi connectivity index (χ4v) is 4.46. The van der Waals surface area contributed by atoms with Crippen LogP contribution in [0.5, 0.6) is 0 Å². The van der Waals surface area contributed by atoms with Gasteiger partial charge in [-0.1, -0.05) is 66.7 Å². The van der Waals surface area contributed by atoms with E-state index < -0.39 is 4.92 Å². The maximum Gasteiger partial charge on any atom is 0.273 e. The molecule has 0 unspecified atom stereocenters. The highest BCUT2D eigenvalue weighted by atomic mass is 16.6. The molecule has 6 nitrogen and oxygen atoms in total. The number of nitro benzene ring substituents is 1. The largest absolute Gasteiger partial charge is 0.327 e. The van der Waals surface area contributed by atoms with Crippen LogP contribution in [0.2, 0.25) is 0 Å². The summed E-state index contributed by atoms with van der Waals surface area (Å²) in [7, 11) is 0. The lowest BCUT2D eigenvalue weighted by molar-refractivity contribution is -0.929. The highest BCUT2D eigenvalue weighted by molar-refractivity contribution is 5.96. The van der Waals surface area contributed by atoms with E-state index in [4.69, 9.17) is 0 Å². The monoisotopic (exact) mass is 416 g/mol. The minimum atomic E-state index is -0.432. The summed E-state index contributed by atoms with van der Waals surface area (Å²) in [6.45, 7) is 4.51. The first-order valence-electron chi connectivity index (χ1n) is 10.5. The lowest BCUT2D eigenvalue weighted by Gasteiger charge is -2.37. The van der Waals surface area contributed by atoms with Crippen molar-refractivity contribution in [2.75, 3.05) is 26.2 Å². The smallest absolute Gasteiger partial charge is 0.273 e. The molecule has 4 rings (SSSR count). The van der Waals surface area contributed by atoms with Crippen LogP contribution in [0.25, 0.3) is 0 Å². The van der Waals surface area contributed by atoms with Crippen molar-refractivity contribution < 1.29 is 14.6 Å². The Labute approximate surface area is 181 Å². The second-order valence-corrected chi connectivity index (χ2v) is 7.91. The summed E-state index contributed by atoms with van der Waals surface area (Å²) in [5, 5.41) is 11.2. The van der Waals surface area contributed by atoms with Gasteiger partial charge in [-0.3, -0.25) is 14.9 Å². The average Bonchev–Trinajstić information content (AvgIpc) is 2.81. The van der Waals surface area contributed by atoms with Gasteiger partial charge in [0.25, 0.3) is 11.6 Å². The molecule has 1 amide bonds. The molecular weight excluding hydrogens is 390 g/mol. The number of amides is 1. The Balaban J connectivity index is 1.53. The van der Waals surface area contributed by atoms with Crippen molar-refractivity contribution in [3.05, 3.63) is 111 Å². The molecule has 0 aromatic heterocycles. The molecule has 0 radical (unpaired) electrons. The number of rotatable bonds is 5. The van der Waals surface area contributed by atoms with E-state index in [1.807, 2.05) is 17.0 Å². The standard InChI is InChI=1S/C25H25N3O3/c1-19-22(13-8-14-23(19)28(30)31)25(29)27-17-15-26(16-18-27)24(20-9-4-2-5-10-20)21-11-6-3-7-12-21/h2-14,24H,15-18H2,1H3/p+1. The van der Waals surface area contributed by atoms with Crippen molar-refractivity contribution in [1.82, 2.24) is 4.90 Å². The van der Waals surface area contributed by atoms with Crippen LogP contribution in [0.4, 0.5) is 5.69 Å². The molecule has 31 heavy (non-hydrogen) atoms. The topological polar surface area (TPSA) is 67.9 Å². The quantitative estimate of drug-likeness (QED) is 0.514. The highest BCUT2D eigenvalue weighted by Gasteiger charge is 2.32. The molecular formula is C25H26N3O3+. The summed E-state index contributed by atoms with van der Waals surface area (Å²) in [5.41, 5.74) is 3.36. The molecule has 3 aromatic rings. The molecule has 0 saturated carbocycles. The Hall–Kier alpha value is -3.51. The van der Waals surface area contributed by atoms with Crippen molar-refractivity contribution in [3.8, 4) is 0 Å². The lowest BCUT2D eigenvalue weighted by Crippen LogP contribution is -3.15. The van der Waals surface area contributed by atoms with Crippen molar-refractivity contribution in [2.45, 2.75) is 13.0 Å². The molecule has 158 valence electrons. The van der Waals surface area contributed by atoms with Gasteiger partial charge in [0.1, 0.15) is 6.04 Å². The molecule has 0 atom stereocenters. The molecule has 0 spiro atoms. The number of benzene rings is 3. The van der Waals surface area contributed by atoms with Crippen LogP contribution in [0.3, 0.4) is 0 Å². The number of carbonyl (C=O) groups excluding carboxylic acids is 1. The SMILES string of the molecule is Cc1c(C(=O)N2CC[NH+](C(c3ccccc3)c3ccccc3)CC2)cccc1[N+](=O)[O-]. The van der Waals surface area contributed by atoms with Gasteiger partial charge in [0.2, 0.25) is 0 Å². The Bertz CT molecular complexity index is 1020. The number of nitrogens with zero attached hydrogens (tertiary/aromatic N) is 2. The maximum absolute atomic E-state index is 13.1. The van der Waals surface area contributed by atoms with Gasteiger partial charge in [-0.2, -0.15) is 0 Å². The number of nitro groups is 1. The van der Waals surface area contributed by atoms with Crippen LogP contribution in [-0.2, 0) is 0 Å². The van der Waals surface area contributed by atoms with E-state index >= 15 is 0 Å². The van der Waals surface area contributed by atoms with E-state index in [2.05, 4.69) is 48.5 Å². The molecule has 6 heteroatoms. The third kappa shape index (κ3) is 4.34. The second kappa shape index (κ2) is 9.10. The fraction of sp³-hybridized carbons (Fsp3) is 0.240. The van der Waals surface area contributed by atoms with Gasteiger partial charge in [0.05, 0.1) is 31.1 Å². The zero-order chi connectivity index (χ0) is 21.8. The summed E-state index contributed by atoms with van der Waals surface area (Å²) in [6.07, 6.45) is 0. The Morgan fingerprint density at radius 1 is 0.903 bits per heavy atom. The maximum atomic E-state index is 13.1. The van der Waals surface area contributed by atoms with E-state index in [1.54, 1.807) is 19.1 Å². The molecule has 1 fully saturated rings. The first-order chi connectivity index (χ1) is 15.1.